The number of carbonyl (C=O) groups is 1. The van der Waals surface area contributed by atoms with E-state index in [1.807, 2.05) is 25.1 Å². The molecule has 8 nitrogen and oxygen atoms in total. The fraction of sp³-hybridized carbons (Fsp3) is 0.629. The summed E-state index contributed by atoms with van der Waals surface area (Å²) in [4.78, 5) is 15.9. The molecule has 2 bridgehead atoms. The van der Waals surface area contributed by atoms with Crippen LogP contribution in [0.1, 0.15) is 80.3 Å². The standard InChI is InChI=1S/C35H46ClN3O5S/c1-23-5-3-14-35(22-43-16-15-37-35)30-10-7-27(30)19-39-20-34(13-4-6-25-17-28(36)9-11-29(25)34)21-44-32-12-8-26(18-31(32)39)33(40)38-45(41,42)24(23)2/h8-9,11-12,17-18,23-24,27,30,37H,3-7,10,13-16,19-22H2,1-2H3,(H,38,40)/t23-,24+,27-,30+,34-,35+/m0/s1. The number of benzene rings is 2. The smallest absolute Gasteiger partial charge is 0.264 e. The monoisotopic (exact) mass is 655 g/mol. The number of halogens is 1. The molecule has 2 spiro atoms. The van der Waals surface area contributed by atoms with Crippen molar-refractivity contribution in [1.29, 1.82) is 0 Å². The molecule has 1 saturated heterocycles. The van der Waals surface area contributed by atoms with Crippen LogP contribution in [0.15, 0.2) is 36.4 Å². The second-order valence-corrected chi connectivity index (χ2v) is 16.9. The van der Waals surface area contributed by atoms with Crippen LogP contribution in [-0.2, 0) is 26.6 Å². The van der Waals surface area contributed by atoms with Crippen molar-refractivity contribution in [2.75, 3.05) is 44.4 Å². The predicted molar refractivity (Wildman–Crippen MR) is 177 cm³/mol. The highest BCUT2D eigenvalue weighted by atomic mass is 35.5. The fourth-order valence-corrected chi connectivity index (χ4v) is 10.4. The molecule has 0 unspecified atom stereocenters. The lowest BCUT2D eigenvalue weighted by atomic mass is 9.61. The molecule has 0 radical (unpaired) electrons. The maximum absolute atomic E-state index is 13.5. The first-order valence-corrected chi connectivity index (χ1v) is 18.7. The van der Waals surface area contributed by atoms with Gasteiger partial charge in [0.15, 0.2) is 0 Å². The van der Waals surface area contributed by atoms with E-state index in [2.05, 4.69) is 27.1 Å². The second kappa shape index (κ2) is 12.0. The van der Waals surface area contributed by atoms with Crippen LogP contribution in [0, 0.1) is 17.8 Å². The predicted octanol–water partition coefficient (Wildman–Crippen LogP) is 5.47. The summed E-state index contributed by atoms with van der Waals surface area (Å²) >= 11 is 6.45. The molecule has 1 amide bonds. The van der Waals surface area contributed by atoms with Crippen LogP contribution in [0.25, 0.3) is 0 Å². The van der Waals surface area contributed by atoms with Crippen LogP contribution < -0.4 is 19.7 Å². The van der Waals surface area contributed by atoms with Gasteiger partial charge in [0.1, 0.15) is 5.75 Å². The summed E-state index contributed by atoms with van der Waals surface area (Å²) in [5.41, 5.74) is 3.43. The van der Waals surface area contributed by atoms with Crippen LogP contribution in [0.2, 0.25) is 5.02 Å². The second-order valence-electron chi connectivity index (χ2n) is 14.4. The average molecular weight is 656 g/mol. The van der Waals surface area contributed by atoms with Gasteiger partial charge in [0, 0.05) is 41.2 Å². The minimum absolute atomic E-state index is 0.0951. The Hall–Kier alpha value is -2.33. The molecular formula is C35H46ClN3O5S. The van der Waals surface area contributed by atoms with Gasteiger partial charge in [-0.05, 0) is 111 Å². The van der Waals surface area contributed by atoms with Gasteiger partial charge in [0.2, 0.25) is 10.0 Å². The van der Waals surface area contributed by atoms with Gasteiger partial charge in [0.25, 0.3) is 5.91 Å². The number of hydrogen-bond acceptors (Lipinski definition) is 7. The van der Waals surface area contributed by atoms with Crippen molar-refractivity contribution in [1.82, 2.24) is 10.0 Å². The third-order valence-corrected chi connectivity index (χ3v) is 13.9. The van der Waals surface area contributed by atoms with Crippen LogP contribution in [0.4, 0.5) is 5.69 Å². The Labute approximate surface area is 272 Å². The molecule has 5 aliphatic rings. The lowest BCUT2D eigenvalue weighted by molar-refractivity contribution is -0.0521. The van der Waals surface area contributed by atoms with Crippen molar-refractivity contribution >= 4 is 33.2 Å². The van der Waals surface area contributed by atoms with Gasteiger partial charge < -0.3 is 19.7 Å². The Kier molecular flexibility index (Phi) is 8.37. The Morgan fingerprint density at radius 3 is 2.67 bits per heavy atom. The molecule has 1 saturated carbocycles. The molecule has 0 aromatic heterocycles. The van der Waals surface area contributed by atoms with Crippen molar-refractivity contribution < 1.29 is 22.7 Å². The first kappa shape index (κ1) is 31.3. The minimum atomic E-state index is -3.87. The molecule has 7 rings (SSSR count). The Morgan fingerprint density at radius 1 is 1.02 bits per heavy atom. The molecule has 2 N–H and O–H groups in total. The number of ether oxygens (including phenoxy) is 2. The van der Waals surface area contributed by atoms with Crippen molar-refractivity contribution in [2.45, 2.75) is 81.4 Å². The van der Waals surface area contributed by atoms with Gasteiger partial charge in [-0.2, -0.15) is 0 Å². The number of rotatable bonds is 0. The number of sulfonamides is 1. The van der Waals surface area contributed by atoms with Gasteiger partial charge in [-0.3, -0.25) is 4.79 Å². The minimum Gasteiger partial charge on any atom is -0.490 e. The lowest BCUT2D eigenvalue weighted by Crippen LogP contribution is -2.64. The Balaban J connectivity index is 1.31. The number of amides is 1. The molecule has 2 aromatic carbocycles. The van der Waals surface area contributed by atoms with Crippen LogP contribution in [0.3, 0.4) is 0 Å². The normalized spacial score (nSPS) is 34.9. The van der Waals surface area contributed by atoms with E-state index in [1.54, 1.807) is 13.0 Å². The first-order valence-electron chi connectivity index (χ1n) is 16.8. The molecule has 3 aliphatic heterocycles. The molecule has 2 aliphatic carbocycles. The number of nitrogens with zero attached hydrogens (tertiary/aromatic N) is 1. The summed E-state index contributed by atoms with van der Waals surface area (Å²) in [7, 11) is -3.87. The van der Waals surface area contributed by atoms with Crippen LogP contribution >= 0.6 is 11.6 Å². The molecule has 3 heterocycles. The summed E-state index contributed by atoms with van der Waals surface area (Å²) in [5.74, 6) is 0.958. The number of morpholine rings is 1. The fourth-order valence-electron chi connectivity index (χ4n) is 8.88. The van der Waals surface area contributed by atoms with E-state index in [4.69, 9.17) is 21.1 Å². The van der Waals surface area contributed by atoms with Gasteiger partial charge in [-0.1, -0.05) is 31.0 Å². The largest absolute Gasteiger partial charge is 0.490 e. The zero-order chi connectivity index (χ0) is 31.4. The topological polar surface area (TPSA) is 97.0 Å². The van der Waals surface area contributed by atoms with E-state index >= 15 is 0 Å². The van der Waals surface area contributed by atoms with Crippen molar-refractivity contribution in [3.8, 4) is 5.75 Å². The van der Waals surface area contributed by atoms with E-state index in [-0.39, 0.29) is 16.9 Å². The molecule has 2 fully saturated rings. The van der Waals surface area contributed by atoms with Gasteiger partial charge in [-0.25, -0.2) is 13.1 Å². The summed E-state index contributed by atoms with van der Waals surface area (Å²) < 4.78 is 42.0. The SMILES string of the molecule is C[C@@H]1[C@@H](C)CCC[C@@]2(COCCN2)[C@@H]2CC[C@H]2CN2C[C@@]3(CCCc4cc(Cl)ccc43)COc3ccc(cc32)C(=O)NS1(=O)=O. The van der Waals surface area contributed by atoms with E-state index < -0.39 is 21.2 Å². The van der Waals surface area contributed by atoms with E-state index in [9.17, 15) is 13.2 Å². The van der Waals surface area contributed by atoms with Crippen LogP contribution in [-0.4, -0.2) is 64.6 Å². The van der Waals surface area contributed by atoms with Crippen LogP contribution in [0.5, 0.6) is 5.75 Å². The summed E-state index contributed by atoms with van der Waals surface area (Å²) in [5, 5.41) is 3.97. The average Bonchev–Trinajstić information content (AvgIpc) is 3.15. The molecule has 45 heavy (non-hydrogen) atoms. The first-order chi connectivity index (χ1) is 21.6. The Morgan fingerprint density at radius 2 is 1.89 bits per heavy atom. The van der Waals surface area contributed by atoms with E-state index in [0.29, 0.717) is 30.6 Å². The summed E-state index contributed by atoms with van der Waals surface area (Å²) in [6, 6.07) is 11.7. The lowest BCUT2D eigenvalue weighted by Gasteiger charge is -2.54. The third-order valence-electron chi connectivity index (χ3n) is 11.8. The summed E-state index contributed by atoms with van der Waals surface area (Å²) in [6.45, 7) is 8.06. The quantitative estimate of drug-likeness (QED) is 0.389. The van der Waals surface area contributed by atoms with Gasteiger partial charge in [-0.15, -0.1) is 0 Å². The molecule has 244 valence electrons. The number of carbonyl (C=O) groups excluding carboxylic acids is 1. The van der Waals surface area contributed by atoms with Crippen molar-refractivity contribution in [3.63, 3.8) is 0 Å². The third kappa shape index (κ3) is 5.76. The maximum atomic E-state index is 13.5. The maximum Gasteiger partial charge on any atom is 0.264 e. The number of hydrogen-bond donors (Lipinski definition) is 2. The van der Waals surface area contributed by atoms with E-state index in [1.165, 1.54) is 11.1 Å². The van der Waals surface area contributed by atoms with Crippen molar-refractivity contribution in [3.05, 3.63) is 58.1 Å². The van der Waals surface area contributed by atoms with E-state index in [0.717, 1.165) is 94.1 Å². The van der Waals surface area contributed by atoms with Gasteiger partial charge in [0.05, 0.1) is 30.8 Å². The zero-order valence-electron chi connectivity index (χ0n) is 26.4. The Bertz CT molecular complexity index is 1560. The number of fused-ring (bicyclic) bond motifs is 5. The highest BCUT2D eigenvalue weighted by Crippen LogP contribution is 2.49. The number of nitrogens with one attached hydrogen (secondary N) is 2. The zero-order valence-corrected chi connectivity index (χ0v) is 28.0. The number of anilines is 1. The van der Waals surface area contributed by atoms with Gasteiger partial charge >= 0.3 is 0 Å². The van der Waals surface area contributed by atoms with Crippen molar-refractivity contribution in [2.24, 2.45) is 17.8 Å². The molecule has 10 heteroatoms. The number of aryl methyl sites for hydroxylation is 1. The molecule has 6 atom stereocenters. The molecule has 2 aromatic rings. The highest BCUT2D eigenvalue weighted by Gasteiger charge is 2.50. The summed E-state index contributed by atoms with van der Waals surface area (Å²) in [6.07, 6.45) is 7.96. The highest BCUT2D eigenvalue weighted by molar-refractivity contribution is 7.90. The molecular weight excluding hydrogens is 610 g/mol.